The van der Waals surface area contributed by atoms with E-state index in [9.17, 15) is 4.79 Å². The van der Waals surface area contributed by atoms with Gasteiger partial charge >= 0.3 is 5.97 Å². The average molecular weight is 232 g/mol. The van der Waals surface area contributed by atoms with E-state index in [1.807, 2.05) is 19.3 Å². The number of hydrogen-bond acceptors (Lipinski definition) is 4. The standard InChI is InChI=1S/C11H12N4O2/c1-15-5-3-9(14-15)7-13-8-2-4-12-10(6-8)11(16)17/h2-6H,7H2,1H3,(H,12,13)(H,16,17). The first-order valence-corrected chi connectivity index (χ1v) is 5.07. The van der Waals surface area contributed by atoms with Crippen LogP contribution in [0.2, 0.25) is 0 Å². The minimum atomic E-state index is -1.04. The number of nitrogens with zero attached hydrogens (tertiary/aromatic N) is 3. The number of anilines is 1. The second-order valence-corrected chi connectivity index (χ2v) is 3.57. The molecule has 0 bridgehead atoms. The van der Waals surface area contributed by atoms with E-state index in [4.69, 9.17) is 5.11 Å². The van der Waals surface area contributed by atoms with Gasteiger partial charge in [0.15, 0.2) is 0 Å². The first-order valence-electron chi connectivity index (χ1n) is 5.07. The molecule has 0 spiro atoms. The number of aromatic nitrogens is 3. The molecule has 0 aliphatic rings. The Morgan fingerprint density at radius 3 is 3.00 bits per heavy atom. The van der Waals surface area contributed by atoms with Crippen LogP contribution in [0, 0.1) is 0 Å². The van der Waals surface area contributed by atoms with Crippen molar-refractivity contribution in [3.63, 3.8) is 0 Å². The second-order valence-electron chi connectivity index (χ2n) is 3.57. The number of carboxylic acid groups (broad SMARTS) is 1. The number of carboxylic acids is 1. The lowest BCUT2D eigenvalue weighted by Gasteiger charge is -2.04. The van der Waals surface area contributed by atoms with Gasteiger partial charge in [0, 0.05) is 25.1 Å². The van der Waals surface area contributed by atoms with E-state index < -0.39 is 5.97 Å². The summed E-state index contributed by atoms with van der Waals surface area (Å²) in [5, 5.41) is 16.1. The summed E-state index contributed by atoms with van der Waals surface area (Å²) in [7, 11) is 1.85. The second kappa shape index (κ2) is 4.65. The predicted octanol–water partition coefficient (Wildman–Crippen LogP) is 1.13. The van der Waals surface area contributed by atoms with Crippen LogP contribution in [0.4, 0.5) is 5.69 Å². The van der Waals surface area contributed by atoms with Crippen molar-refractivity contribution in [2.45, 2.75) is 6.54 Å². The zero-order valence-corrected chi connectivity index (χ0v) is 9.29. The first-order chi connectivity index (χ1) is 8.15. The highest BCUT2D eigenvalue weighted by atomic mass is 16.4. The monoisotopic (exact) mass is 232 g/mol. The minimum Gasteiger partial charge on any atom is -0.477 e. The van der Waals surface area contributed by atoms with Crippen molar-refractivity contribution in [3.05, 3.63) is 42.0 Å². The number of aromatic carboxylic acids is 1. The molecule has 0 aliphatic carbocycles. The van der Waals surface area contributed by atoms with E-state index in [1.54, 1.807) is 10.7 Å². The van der Waals surface area contributed by atoms with Crippen LogP contribution in [0.1, 0.15) is 16.2 Å². The van der Waals surface area contributed by atoms with Crippen molar-refractivity contribution in [3.8, 4) is 0 Å². The number of aryl methyl sites for hydroxylation is 1. The van der Waals surface area contributed by atoms with Crippen LogP contribution in [-0.2, 0) is 13.6 Å². The quantitative estimate of drug-likeness (QED) is 0.825. The molecule has 2 N–H and O–H groups in total. The Kier molecular flexibility index (Phi) is 3.04. The van der Waals surface area contributed by atoms with Gasteiger partial charge in [-0.1, -0.05) is 0 Å². The summed E-state index contributed by atoms with van der Waals surface area (Å²) >= 11 is 0. The van der Waals surface area contributed by atoms with Gasteiger partial charge < -0.3 is 10.4 Å². The maximum absolute atomic E-state index is 10.7. The highest BCUT2D eigenvalue weighted by Crippen LogP contribution is 2.09. The van der Waals surface area contributed by atoms with Crippen molar-refractivity contribution in [1.82, 2.24) is 14.8 Å². The van der Waals surface area contributed by atoms with E-state index in [0.717, 1.165) is 5.69 Å². The van der Waals surface area contributed by atoms with Gasteiger partial charge in [-0.15, -0.1) is 0 Å². The Balaban J connectivity index is 2.04. The summed E-state index contributed by atoms with van der Waals surface area (Å²) in [5.74, 6) is -1.04. The Bertz CT molecular complexity index is 536. The molecule has 0 aliphatic heterocycles. The third kappa shape index (κ3) is 2.81. The molecule has 2 aromatic rings. The number of nitrogens with one attached hydrogen (secondary N) is 1. The lowest BCUT2D eigenvalue weighted by molar-refractivity contribution is 0.0690. The maximum atomic E-state index is 10.7. The van der Waals surface area contributed by atoms with Crippen LogP contribution < -0.4 is 5.32 Å². The average Bonchev–Trinajstić information content (AvgIpc) is 2.73. The van der Waals surface area contributed by atoms with Crippen molar-refractivity contribution in [2.75, 3.05) is 5.32 Å². The predicted molar refractivity (Wildman–Crippen MR) is 61.7 cm³/mol. The van der Waals surface area contributed by atoms with E-state index in [2.05, 4.69) is 15.4 Å². The molecule has 2 aromatic heterocycles. The van der Waals surface area contributed by atoms with Gasteiger partial charge in [0.05, 0.1) is 12.2 Å². The molecule has 2 rings (SSSR count). The summed E-state index contributed by atoms with van der Waals surface area (Å²) in [6, 6.07) is 5.10. The Labute approximate surface area is 97.9 Å². The molecule has 88 valence electrons. The van der Waals surface area contributed by atoms with Gasteiger partial charge in [0.1, 0.15) is 5.69 Å². The zero-order valence-electron chi connectivity index (χ0n) is 9.29. The summed E-state index contributed by atoms with van der Waals surface area (Å²) in [4.78, 5) is 14.5. The third-order valence-electron chi connectivity index (χ3n) is 2.22. The fourth-order valence-corrected chi connectivity index (χ4v) is 1.41. The molecule has 17 heavy (non-hydrogen) atoms. The van der Waals surface area contributed by atoms with Crippen LogP contribution in [0.25, 0.3) is 0 Å². The molecule has 6 nitrogen and oxygen atoms in total. The lowest BCUT2D eigenvalue weighted by atomic mass is 10.3. The molecule has 0 radical (unpaired) electrons. The van der Waals surface area contributed by atoms with Gasteiger partial charge in [0.25, 0.3) is 0 Å². The molecule has 0 amide bonds. The van der Waals surface area contributed by atoms with Crippen LogP contribution in [0.15, 0.2) is 30.6 Å². The van der Waals surface area contributed by atoms with E-state index >= 15 is 0 Å². The number of hydrogen-bond donors (Lipinski definition) is 2. The molecular formula is C11H12N4O2. The normalized spacial score (nSPS) is 10.2. The van der Waals surface area contributed by atoms with E-state index in [-0.39, 0.29) is 5.69 Å². The number of pyridine rings is 1. The van der Waals surface area contributed by atoms with Gasteiger partial charge in [-0.2, -0.15) is 5.10 Å². The van der Waals surface area contributed by atoms with E-state index in [1.165, 1.54) is 12.3 Å². The van der Waals surface area contributed by atoms with Gasteiger partial charge in [-0.05, 0) is 18.2 Å². The van der Waals surface area contributed by atoms with Crippen molar-refractivity contribution >= 4 is 11.7 Å². The highest BCUT2D eigenvalue weighted by Gasteiger charge is 2.05. The molecule has 0 fully saturated rings. The Morgan fingerprint density at radius 1 is 1.53 bits per heavy atom. The molecule has 2 heterocycles. The SMILES string of the molecule is Cn1ccc(CNc2ccnc(C(=O)O)c2)n1. The fraction of sp³-hybridized carbons (Fsp3) is 0.182. The Hall–Kier alpha value is -2.37. The lowest BCUT2D eigenvalue weighted by Crippen LogP contribution is -2.04. The summed E-state index contributed by atoms with van der Waals surface area (Å²) in [6.45, 7) is 0.546. The molecule has 0 saturated carbocycles. The van der Waals surface area contributed by atoms with Crippen molar-refractivity contribution < 1.29 is 9.90 Å². The fourth-order valence-electron chi connectivity index (χ4n) is 1.41. The van der Waals surface area contributed by atoms with Crippen LogP contribution in [-0.4, -0.2) is 25.8 Å². The van der Waals surface area contributed by atoms with E-state index in [0.29, 0.717) is 12.2 Å². The van der Waals surface area contributed by atoms with Crippen LogP contribution in [0.5, 0.6) is 0 Å². The first kappa shape index (κ1) is 11.1. The maximum Gasteiger partial charge on any atom is 0.354 e. The molecule has 6 heteroatoms. The topological polar surface area (TPSA) is 80.0 Å². The summed E-state index contributed by atoms with van der Waals surface area (Å²) < 4.78 is 1.71. The largest absolute Gasteiger partial charge is 0.477 e. The number of rotatable bonds is 4. The minimum absolute atomic E-state index is 0.0241. The number of carbonyl (C=O) groups is 1. The van der Waals surface area contributed by atoms with Crippen LogP contribution >= 0.6 is 0 Å². The molecule has 0 atom stereocenters. The van der Waals surface area contributed by atoms with Crippen molar-refractivity contribution in [2.24, 2.45) is 7.05 Å². The zero-order chi connectivity index (χ0) is 12.3. The molecular weight excluding hydrogens is 220 g/mol. The highest BCUT2D eigenvalue weighted by molar-refractivity contribution is 5.86. The summed E-state index contributed by atoms with van der Waals surface area (Å²) in [6.07, 6.45) is 3.32. The van der Waals surface area contributed by atoms with Crippen LogP contribution in [0.3, 0.4) is 0 Å². The van der Waals surface area contributed by atoms with Gasteiger partial charge in [-0.25, -0.2) is 9.78 Å². The third-order valence-corrected chi connectivity index (χ3v) is 2.22. The van der Waals surface area contributed by atoms with Gasteiger partial charge in [0.2, 0.25) is 0 Å². The Morgan fingerprint density at radius 2 is 2.35 bits per heavy atom. The van der Waals surface area contributed by atoms with Gasteiger partial charge in [-0.3, -0.25) is 4.68 Å². The molecule has 0 saturated heterocycles. The molecule has 0 aromatic carbocycles. The molecule has 0 unspecified atom stereocenters. The smallest absolute Gasteiger partial charge is 0.354 e. The van der Waals surface area contributed by atoms with Crippen molar-refractivity contribution in [1.29, 1.82) is 0 Å². The summed E-state index contributed by atoms with van der Waals surface area (Å²) in [5.41, 5.74) is 1.63.